The van der Waals surface area contributed by atoms with Crippen molar-refractivity contribution in [1.82, 2.24) is 10.3 Å². The molecule has 21 heavy (non-hydrogen) atoms. The van der Waals surface area contributed by atoms with Gasteiger partial charge in [-0.05, 0) is 20.3 Å². The van der Waals surface area contributed by atoms with Crippen LogP contribution in [0.4, 0.5) is 0 Å². The molecule has 4 nitrogen and oxygen atoms in total. The molecule has 0 fully saturated rings. The monoisotopic (exact) mass is 314 g/mol. The Morgan fingerprint density at radius 3 is 2.38 bits per heavy atom. The van der Waals surface area contributed by atoms with Crippen LogP contribution in [0.3, 0.4) is 0 Å². The highest BCUT2D eigenvalue weighted by molar-refractivity contribution is 7.09. The maximum absolute atomic E-state index is 5.58. The van der Waals surface area contributed by atoms with E-state index in [1.807, 2.05) is 0 Å². The van der Waals surface area contributed by atoms with Crippen LogP contribution in [0, 0.1) is 0 Å². The molecule has 0 radical (unpaired) electrons. The molecule has 1 aromatic heterocycles. The average molecular weight is 314 g/mol. The molecule has 1 atom stereocenters. The maximum Gasteiger partial charge on any atom is 0.110 e. The van der Waals surface area contributed by atoms with Crippen molar-refractivity contribution >= 4 is 11.3 Å². The van der Waals surface area contributed by atoms with Gasteiger partial charge in [0.05, 0.1) is 23.9 Å². The van der Waals surface area contributed by atoms with E-state index in [1.165, 1.54) is 0 Å². The lowest BCUT2D eigenvalue weighted by Crippen LogP contribution is -2.33. The van der Waals surface area contributed by atoms with E-state index in [0.717, 1.165) is 23.7 Å². The topological polar surface area (TPSA) is 43.4 Å². The minimum atomic E-state index is -0.182. The normalized spacial score (nSPS) is 14.4. The Morgan fingerprint density at radius 2 is 1.90 bits per heavy atom. The minimum Gasteiger partial charge on any atom is -0.383 e. The van der Waals surface area contributed by atoms with Gasteiger partial charge in [-0.15, -0.1) is 11.3 Å². The molecule has 0 aliphatic heterocycles. The third kappa shape index (κ3) is 6.02. The van der Waals surface area contributed by atoms with Gasteiger partial charge in [-0.25, -0.2) is 4.98 Å². The lowest BCUT2D eigenvalue weighted by atomic mass is 9.93. The van der Waals surface area contributed by atoms with Gasteiger partial charge in [0.1, 0.15) is 5.01 Å². The van der Waals surface area contributed by atoms with Gasteiger partial charge in [0, 0.05) is 31.6 Å². The molecule has 0 aromatic carbocycles. The smallest absolute Gasteiger partial charge is 0.110 e. The van der Waals surface area contributed by atoms with Crippen molar-refractivity contribution in [3.63, 3.8) is 0 Å². The van der Waals surface area contributed by atoms with Crippen molar-refractivity contribution in [3.8, 4) is 0 Å². The maximum atomic E-state index is 5.58. The van der Waals surface area contributed by atoms with Crippen molar-refractivity contribution in [2.24, 2.45) is 0 Å². The van der Waals surface area contributed by atoms with Gasteiger partial charge in [-0.1, -0.05) is 20.8 Å². The summed E-state index contributed by atoms with van der Waals surface area (Å²) in [6, 6.07) is 0.191. The molecular formula is C16H30N2O2S. The lowest BCUT2D eigenvalue weighted by molar-refractivity contribution is 0.00629. The van der Waals surface area contributed by atoms with Crippen LogP contribution in [0.25, 0.3) is 0 Å². The highest BCUT2D eigenvalue weighted by Gasteiger charge is 2.27. The molecule has 0 aliphatic rings. The van der Waals surface area contributed by atoms with Crippen molar-refractivity contribution < 1.29 is 9.47 Å². The summed E-state index contributed by atoms with van der Waals surface area (Å²) in [6.45, 7) is 12.3. The van der Waals surface area contributed by atoms with Crippen LogP contribution >= 0.6 is 11.3 Å². The molecular weight excluding hydrogens is 284 g/mol. The average Bonchev–Trinajstić information content (AvgIpc) is 2.87. The zero-order valence-corrected chi connectivity index (χ0v) is 15.3. The van der Waals surface area contributed by atoms with E-state index in [-0.39, 0.29) is 17.1 Å². The van der Waals surface area contributed by atoms with Crippen molar-refractivity contribution in [2.45, 2.75) is 58.1 Å². The first-order chi connectivity index (χ1) is 9.69. The predicted octanol–water partition coefficient (Wildman–Crippen LogP) is 3.53. The van der Waals surface area contributed by atoms with E-state index in [2.05, 4.69) is 45.3 Å². The Balaban J connectivity index is 2.87. The molecule has 0 saturated carbocycles. The lowest BCUT2D eigenvalue weighted by Gasteiger charge is -2.28. The zero-order chi connectivity index (χ0) is 16.1. The molecule has 0 aliphatic carbocycles. The summed E-state index contributed by atoms with van der Waals surface area (Å²) >= 11 is 1.72. The third-order valence-corrected chi connectivity index (χ3v) is 4.49. The predicted molar refractivity (Wildman–Crippen MR) is 89.1 cm³/mol. The number of ether oxygens (including phenoxy) is 2. The van der Waals surface area contributed by atoms with E-state index in [1.54, 1.807) is 25.6 Å². The number of thiazole rings is 1. The van der Waals surface area contributed by atoms with Gasteiger partial charge >= 0.3 is 0 Å². The second-order valence-electron chi connectivity index (χ2n) is 6.99. The van der Waals surface area contributed by atoms with Crippen LogP contribution in [-0.2, 0) is 14.9 Å². The first kappa shape index (κ1) is 18.6. The molecule has 1 aromatic rings. The number of hydrogen-bond acceptors (Lipinski definition) is 5. The highest BCUT2D eigenvalue weighted by atomic mass is 32.1. The van der Waals surface area contributed by atoms with Gasteiger partial charge in [0.15, 0.2) is 0 Å². The molecule has 0 bridgehead atoms. The van der Waals surface area contributed by atoms with E-state index in [9.17, 15) is 0 Å². The Kier molecular flexibility index (Phi) is 6.78. The Morgan fingerprint density at radius 1 is 1.24 bits per heavy atom. The second kappa shape index (κ2) is 7.68. The first-order valence-corrected chi connectivity index (χ1v) is 8.31. The van der Waals surface area contributed by atoms with E-state index in [0.29, 0.717) is 6.61 Å². The molecule has 1 N–H and O–H groups in total. The van der Waals surface area contributed by atoms with Gasteiger partial charge in [-0.2, -0.15) is 0 Å². The van der Waals surface area contributed by atoms with Gasteiger partial charge in [-0.3, -0.25) is 0 Å². The fraction of sp³-hybridized carbons (Fsp3) is 0.812. The highest BCUT2D eigenvalue weighted by Crippen LogP contribution is 2.31. The van der Waals surface area contributed by atoms with Crippen molar-refractivity contribution in [1.29, 1.82) is 0 Å². The summed E-state index contributed by atoms with van der Waals surface area (Å²) in [5, 5.41) is 6.83. The molecule has 1 heterocycles. The molecule has 1 unspecified atom stereocenters. The summed E-state index contributed by atoms with van der Waals surface area (Å²) in [5.74, 6) is 0. The molecule has 0 amide bonds. The number of hydrogen-bond donors (Lipinski definition) is 1. The second-order valence-corrected chi connectivity index (χ2v) is 7.88. The first-order valence-electron chi connectivity index (χ1n) is 7.43. The van der Waals surface area contributed by atoms with E-state index < -0.39 is 0 Å². The summed E-state index contributed by atoms with van der Waals surface area (Å²) < 4.78 is 10.7. The largest absolute Gasteiger partial charge is 0.383 e. The molecule has 0 spiro atoms. The van der Waals surface area contributed by atoms with Crippen molar-refractivity contribution in [2.75, 3.05) is 27.4 Å². The van der Waals surface area contributed by atoms with Crippen molar-refractivity contribution in [3.05, 3.63) is 16.1 Å². The fourth-order valence-corrected chi connectivity index (χ4v) is 3.07. The quantitative estimate of drug-likeness (QED) is 0.745. The minimum absolute atomic E-state index is 0.0859. The zero-order valence-electron chi connectivity index (χ0n) is 14.4. The Labute approximate surface area is 133 Å². The fourth-order valence-electron chi connectivity index (χ4n) is 1.95. The van der Waals surface area contributed by atoms with Gasteiger partial charge in [0.25, 0.3) is 0 Å². The van der Waals surface area contributed by atoms with Crippen LogP contribution < -0.4 is 5.32 Å². The summed E-state index contributed by atoms with van der Waals surface area (Å²) in [4.78, 5) is 4.84. The number of aromatic nitrogens is 1. The molecule has 5 heteroatoms. The third-order valence-electron chi connectivity index (χ3n) is 3.53. The van der Waals surface area contributed by atoms with Crippen LogP contribution in [0.15, 0.2) is 5.38 Å². The SMILES string of the molecule is COCCNC(CC(C)(C)OC)c1nc(C(C)(C)C)cs1. The number of nitrogens with one attached hydrogen (secondary N) is 1. The van der Waals surface area contributed by atoms with Crippen LogP contribution in [0.5, 0.6) is 0 Å². The summed E-state index contributed by atoms with van der Waals surface area (Å²) in [7, 11) is 3.48. The standard InChI is InChI=1S/C16H30N2O2S/c1-15(2,3)13-11-21-14(18-13)12(17-8-9-19-6)10-16(4,5)20-7/h11-12,17H,8-10H2,1-7H3. The number of nitrogens with zero attached hydrogens (tertiary/aromatic N) is 1. The van der Waals surface area contributed by atoms with E-state index >= 15 is 0 Å². The van der Waals surface area contributed by atoms with Gasteiger partial charge < -0.3 is 14.8 Å². The molecule has 1 rings (SSSR count). The Bertz CT molecular complexity index is 424. The molecule has 122 valence electrons. The summed E-state index contributed by atoms with van der Waals surface area (Å²) in [6.07, 6.45) is 0.879. The van der Waals surface area contributed by atoms with Crippen LogP contribution in [0.1, 0.15) is 57.8 Å². The van der Waals surface area contributed by atoms with E-state index in [4.69, 9.17) is 14.5 Å². The Hall–Kier alpha value is -0.490. The summed E-state index contributed by atoms with van der Waals surface area (Å²) in [5.41, 5.74) is 1.05. The number of rotatable bonds is 8. The van der Waals surface area contributed by atoms with Gasteiger partial charge in [0.2, 0.25) is 0 Å². The molecule has 0 saturated heterocycles. The van der Waals surface area contributed by atoms with Crippen LogP contribution in [-0.4, -0.2) is 38.0 Å². The number of methoxy groups -OCH3 is 2. The van der Waals surface area contributed by atoms with Crippen LogP contribution in [0.2, 0.25) is 0 Å².